The number of nitrogens with zero attached hydrogens (tertiary/aromatic N) is 4. The molecule has 1 aromatic rings. The number of carbonyl (C=O) groups is 1. The summed E-state index contributed by atoms with van der Waals surface area (Å²) in [5.74, 6) is -0.0809. The van der Waals surface area contributed by atoms with Crippen LogP contribution in [-0.2, 0) is 0 Å². The molecule has 0 radical (unpaired) electrons. The number of hydrogen-bond acceptors (Lipinski definition) is 6. The van der Waals surface area contributed by atoms with Gasteiger partial charge in [-0.1, -0.05) is 0 Å². The molecule has 3 saturated heterocycles. The van der Waals surface area contributed by atoms with E-state index >= 15 is 0 Å². The second-order valence-electron chi connectivity index (χ2n) is 8.86. The van der Waals surface area contributed by atoms with Crippen molar-refractivity contribution in [2.45, 2.75) is 25.7 Å². The van der Waals surface area contributed by atoms with Gasteiger partial charge in [0.25, 0.3) is 11.6 Å². The number of amides is 1. The van der Waals surface area contributed by atoms with Crippen molar-refractivity contribution in [1.82, 2.24) is 15.1 Å². The molecule has 3 aliphatic heterocycles. The van der Waals surface area contributed by atoms with Crippen LogP contribution in [0.15, 0.2) is 18.2 Å². The lowest BCUT2D eigenvalue weighted by Gasteiger charge is -2.45. The maximum Gasteiger partial charge on any atom is 0.293 e. The Hall–Kier alpha value is -2.19. The highest BCUT2D eigenvalue weighted by Gasteiger charge is 2.38. The fraction of sp³-hybridized carbons (Fsp3) is 0.667. The molecular formula is C21H31N5O3. The van der Waals surface area contributed by atoms with Crippen LogP contribution in [0.5, 0.6) is 0 Å². The van der Waals surface area contributed by atoms with E-state index in [0.717, 1.165) is 78.0 Å². The maximum atomic E-state index is 13.2. The number of benzene rings is 1. The molecule has 1 spiro atoms. The number of nitrogens with one attached hydrogen (secondary N) is 1. The molecule has 1 N–H and O–H groups in total. The molecule has 4 rings (SSSR count). The van der Waals surface area contributed by atoms with E-state index in [1.807, 2.05) is 4.90 Å². The topological polar surface area (TPSA) is 82.0 Å². The summed E-state index contributed by atoms with van der Waals surface area (Å²) in [6.45, 7) is 6.75. The van der Waals surface area contributed by atoms with E-state index in [2.05, 4.69) is 22.2 Å². The van der Waals surface area contributed by atoms with Crippen LogP contribution in [0.2, 0.25) is 0 Å². The molecule has 3 aliphatic rings. The number of carbonyl (C=O) groups excluding carboxylic acids is 1. The Morgan fingerprint density at radius 3 is 2.59 bits per heavy atom. The number of anilines is 1. The fourth-order valence-corrected chi connectivity index (χ4v) is 5.06. The zero-order chi connectivity index (χ0) is 20.4. The number of nitro benzene ring substituents is 1. The highest BCUT2D eigenvalue weighted by atomic mass is 16.6. The Balaban J connectivity index is 1.54. The van der Waals surface area contributed by atoms with Crippen LogP contribution in [0.3, 0.4) is 0 Å². The summed E-state index contributed by atoms with van der Waals surface area (Å²) >= 11 is 0. The van der Waals surface area contributed by atoms with E-state index in [1.165, 1.54) is 6.07 Å². The highest BCUT2D eigenvalue weighted by molar-refractivity contribution is 5.96. The molecule has 8 nitrogen and oxygen atoms in total. The van der Waals surface area contributed by atoms with E-state index in [0.29, 0.717) is 11.3 Å². The monoisotopic (exact) mass is 401 g/mol. The number of piperazine rings is 1. The average Bonchev–Trinajstić information content (AvgIpc) is 2.74. The minimum atomic E-state index is -0.354. The molecule has 0 saturated carbocycles. The first-order valence-electron chi connectivity index (χ1n) is 10.7. The number of rotatable bonds is 3. The van der Waals surface area contributed by atoms with Crippen molar-refractivity contribution in [1.29, 1.82) is 0 Å². The van der Waals surface area contributed by atoms with Crippen LogP contribution >= 0.6 is 0 Å². The van der Waals surface area contributed by atoms with Gasteiger partial charge in [-0.2, -0.15) is 0 Å². The standard InChI is InChI=1S/C21H31N5O3/c1-23-10-12-24(13-11-23)18-5-4-17(14-19(18)26(28)29)20(27)25-9-3-7-21(16-25)6-2-8-22-15-21/h4-5,14,22H,2-3,6-13,15-16H2,1H3. The summed E-state index contributed by atoms with van der Waals surface area (Å²) < 4.78 is 0. The summed E-state index contributed by atoms with van der Waals surface area (Å²) in [4.78, 5) is 30.8. The van der Waals surface area contributed by atoms with Gasteiger partial charge in [0.1, 0.15) is 5.69 Å². The molecule has 1 unspecified atom stereocenters. The molecule has 1 aromatic carbocycles. The maximum absolute atomic E-state index is 13.2. The third-order valence-electron chi connectivity index (χ3n) is 6.77. The molecule has 0 aromatic heterocycles. The van der Waals surface area contributed by atoms with Crippen LogP contribution in [0.1, 0.15) is 36.0 Å². The molecule has 0 bridgehead atoms. The second-order valence-corrected chi connectivity index (χ2v) is 8.86. The van der Waals surface area contributed by atoms with Gasteiger partial charge in [-0.15, -0.1) is 0 Å². The van der Waals surface area contributed by atoms with Gasteiger partial charge in [-0.05, 0) is 51.4 Å². The third kappa shape index (κ3) is 4.23. The first-order valence-corrected chi connectivity index (χ1v) is 10.7. The summed E-state index contributed by atoms with van der Waals surface area (Å²) in [7, 11) is 2.06. The van der Waals surface area contributed by atoms with Crippen molar-refractivity contribution in [3.8, 4) is 0 Å². The lowest BCUT2D eigenvalue weighted by atomic mass is 9.74. The molecule has 3 fully saturated rings. The molecule has 29 heavy (non-hydrogen) atoms. The van der Waals surface area contributed by atoms with E-state index in [4.69, 9.17) is 0 Å². The number of likely N-dealkylation sites (N-methyl/N-ethyl adjacent to an activating group) is 1. The summed E-state index contributed by atoms with van der Waals surface area (Å²) in [6.07, 6.45) is 4.43. The van der Waals surface area contributed by atoms with E-state index in [-0.39, 0.29) is 21.9 Å². The van der Waals surface area contributed by atoms with Gasteiger partial charge in [0.05, 0.1) is 4.92 Å². The SMILES string of the molecule is CN1CCN(c2ccc(C(=O)N3CCCC4(CCCNC4)C3)cc2[N+](=O)[O-])CC1. The van der Waals surface area contributed by atoms with Crippen molar-refractivity contribution in [3.63, 3.8) is 0 Å². The van der Waals surface area contributed by atoms with Crippen LogP contribution < -0.4 is 10.2 Å². The quantitative estimate of drug-likeness (QED) is 0.616. The number of piperidine rings is 2. The molecule has 3 heterocycles. The Morgan fingerprint density at radius 1 is 1.14 bits per heavy atom. The Morgan fingerprint density at radius 2 is 1.90 bits per heavy atom. The van der Waals surface area contributed by atoms with Gasteiger partial charge in [-0.25, -0.2) is 0 Å². The predicted molar refractivity (Wildman–Crippen MR) is 112 cm³/mol. The molecule has 158 valence electrons. The summed E-state index contributed by atoms with van der Waals surface area (Å²) in [5, 5.41) is 15.2. The summed E-state index contributed by atoms with van der Waals surface area (Å²) in [5.41, 5.74) is 1.24. The minimum Gasteiger partial charge on any atom is -0.363 e. The van der Waals surface area contributed by atoms with Crippen LogP contribution in [0.25, 0.3) is 0 Å². The minimum absolute atomic E-state index is 0.0338. The average molecular weight is 402 g/mol. The third-order valence-corrected chi connectivity index (χ3v) is 6.77. The van der Waals surface area contributed by atoms with Crippen LogP contribution in [0.4, 0.5) is 11.4 Å². The van der Waals surface area contributed by atoms with E-state index < -0.39 is 0 Å². The van der Waals surface area contributed by atoms with Gasteiger partial charge < -0.3 is 20.0 Å². The van der Waals surface area contributed by atoms with Crippen LogP contribution in [-0.4, -0.2) is 80.0 Å². The number of nitro groups is 1. The number of hydrogen-bond donors (Lipinski definition) is 1. The van der Waals surface area contributed by atoms with Gasteiger partial charge in [0.2, 0.25) is 0 Å². The first-order chi connectivity index (χ1) is 14.0. The van der Waals surface area contributed by atoms with Gasteiger partial charge in [0, 0.05) is 62.9 Å². The first kappa shape index (κ1) is 20.1. The zero-order valence-electron chi connectivity index (χ0n) is 17.2. The Labute approximate surface area is 172 Å². The predicted octanol–water partition coefficient (Wildman–Crippen LogP) is 1.95. The second kappa shape index (κ2) is 8.28. The van der Waals surface area contributed by atoms with Gasteiger partial charge in [0.15, 0.2) is 0 Å². The van der Waals surface area contributed by atoms with Crippen LogP contribution in [0, 0.1) is 15.5 Å². The van der Waals surface area contributed by atoms with Gasteiger partial charge in [-0.3, -0.25) is 14.9 Å². The van der Waals surface area contributed by atoms with Crippen molar-refractivity contribution >= 4 is 17.3 Å². The number of likely N-dealkylation sites (tertiary alicyclic amines) is 1. The lowest BCUT2D eigenvalue weighted by molar-refractivity contribution is -0.384. The molecule has 1 amide bonds. The van der Waals surface area contributed by atoms with Crippen molar-refractivity contribution < 1.29 is 9.72 Å². The fourth-order valence-electron chi connectivity index (χ4n) is 5.06. The van der Waals surface area contributed by atoms with E-state index in [1.54, 1.807) is 12.1 Å². The van der Waals surface area contributed by atoms with Crippen molar-refractivity contribution in [3.05, 3.63) is 33.9 Å². The Kier molecular flexibility index (Phi) is 5.74. The van der Waals surface area contributed by atoms with Crippen molar-refractivity contribution in [2.75, 3.05) is 64.3 Å². The lowest BCUT2D eigenvalue weighted by Crippen LogP contribution is -2.52. The van der Waals surface area contributed by atoms with E-state index in [9.17, 15) is 14.9 Å². The zero-order valence-corrected chi connectivity index (χ0v) is 17.2. The molecular weight excluding hydrogens is 370 g/mol. The largest absolute Gasteiger partial charge is 0.363 e. The molecule has 8 heteroatoms. The normalized spacial score (nSPS) is 26.0. The highest BCUT2D eigenvalue weighted by Crippen LogP contribution is 2.37. The van der Waals surface area contributed by atoms with Crippen molar-refractivity contribution in [2.24, 2.45) is 5.41 Å². The Bertz CT molecular complexity index is 764. The molecule has 0 aliphatic carbocycles. The summed E-state index contributed by atoms with van der Waals surface area (Å²) in [6, 6.07) is 5.01. The smallest absolute Gasteiger partial charge is 0.293 e. The van der Waals surface area contributed by atoms with Gasteiger partial charge >= 0.3 is 0 Å². The molecule has 1 atom stereocenters.